The first-order valence-corrected chi connectivity index (χ1v) is 7.36. The topological polar surface area (TPSA) is 95.4 Å². The van der Waals surface area contributed by atoms with E-state index in [1.807, 2.05) is 0 Å². The van der Waals surface area contributed by atoms with Gasteiger partial charge in [0.1, 0.15) is 5.69 Å². The molecule has 2 N–H and O–H groups in total. The van der Waals surface area contributed by atoms with Crippen LogP contribution in [0, 0.1) is 0 Å². The number of aliphatic hydroxyl groups excluding tert-OH is 1. The third-order valence-corrected chi connectivity index (χ3v) is 3.67. The predicted molar refractivity (Wildman–Crippen MR) is 75.8 cm³/mol. The molecule has 2 amide bonds. The van der Waals surface area contributed by atoms with E-state index in [2.05, 4.69) is 15.3 Å². The quantitative estimate of drug-likeness (QED) is 0.828. The van der Waals surface area contributed by atoms with E-state index in [0.29, 0.717) is 0 Å². The van der Waals surface area contributed by atoms with Gasteiger partial charge in [-0.3, -0.25) is 14.6 Å². The average Bonchev–Trinajstić information content (AvgIpc) is 2.54. The van der Waals surface area contributed by atoms with E-state index >= 15 is 0 Å². The van der Waals surface area contributed by atoms with Crippen LogP contribution in [0.5, 0.6) is 0 Å². The Morgan fingerprint density at radius 3 is 2.71 bits per heavy atom. The lowest BCUT2D eigenvalue weighted by molar-refractivity contribution is -0.151. The highest BCUT2D eigenvalue weighted by Gasteiger charge is 2.33. The number of likely N-dealkylation sites (tertiary alicyclic amines) is 1. The molecule has 0 radical (unpaired) electrons. The molecule has 0 aromatic carbocycles. The molecule has 2 rings (SSSR count). The van der Waals surface area contributed by atoms with Gasteiger partial charge < -0.3 is 15.3 Å². The molecule has 2 unspecified atom stereocenters. The summed E-state index contributed by atoms with van der Waals surface area (Å²) in [5.74, 6) is -1.17. The Kier molecular flexibility index (Phi) is 5.71. The van der Waals surface area contributed by atoms with Crippen molar-refractivity contribution in [1.29, 1.82) is 0 Å². The number of aliphatic hydroxyl groups is 1. The second-order valence-corrected chi connectivity index (χ2v) is 5.48. The lowest BCUT2D eigenvalue weighted by Gasteiger charge is -2.36. The fraction of sp³-hybridized carbons (Fsp3) is 0.571. The molecule has 24 heavy (non-hydrogen) atoms. The van der Waals surface area contributed by atoms with Crippen LogP contribution in [-0.2, 0) is 4.79 Å². The number of carbonyl (C=O) groups is 2. The molecular formula is C14H17F3N4O3. The molecule has 2 heterocycles. The summed E-state index contributed by atoms with van der Waals surface area (Å²) in [5.41, 5.74) is 0.0911. The molecule has 0 spiro atoms. The molecule has 1 aromatic heterocycles. The van der Waals surface area contributed by atoms with Gasteiger partial charge in [-0.1, -0.05) is 0 Å². The van der Waals surface area contributed by atoms with Crippen molar-refractivity contribution < 1.29 is 27.9 Å². The zero-order valence-corrected chi connectivity index (χ0v) is 12.7. The fourth-order valence-electron chi connectivity index (χ4n) is 2.39. The van der Waals surface area contributed by atoms with Crippen LogP contribution in [0.1, 0.15) is 29.8 Å². The van der Waals surface area contributed by atoms with Crippen molar-refractivity contribution >= 4 is 11.8 Å². The van der Waals surface area contributed by atoms with Crippen LogP contribution in [-0.4, -0.2) is 63.2 Å². The Hall–Kier alpha value is -2.23. The number of nitrogens with zero attached hydrogens (tertiary/aromatic N) is 3. The summed E-state index contributed by atoms with van der Waals surface area (Å²) in [6.07, 6.45) is -3.00. The standard InChI is InChI=1S/C14H17F3N4O3/c15-14(16,17)3-1-12(23)21-6-2-9(11(22)8-21)20-13(24)10-7-18-4-5-19-10/h4-5,7,9,11,22H,1-3,6,8H2,(H,20,24). The van der Waals surface area contributed by atoms with Crippen molar-refractivity contribution in [3.05, 3.63) is 24.3 Å². The van der Waals surface area contributed by atoms with Gasteiger partial charge in [0.05, 0.1) is 24.8 Å². The van der Waals surface area contributed by atoms with E-state index in [0.717, 1.165) is 0 Å². The maximum Gasteiger partial charge on any atom is 0.389 e. The molecule has 1 aromatic rings. The number of piperidine rings is 1. The summed E-state index contributed by atoms with van der Waals surface area (Å²) in [6, 6.07) is -0.605. The average molecular weight is 346 g/mol. The Morgan fingerprint density at radius 1 is 1.38 bits per heavy atom. The van der Waals surface area contributed by atoms with Crippen molar-refractivity contribution in [2.75, 3.05) is 13.1 Å². The highest BCUT2D eigenvalue weighted by atomic mass is 19.4. The number of β-amino-alcohol motifs (C(OH)–C–C–N with tert-alkyl or cyclic N) is 1. The number of hydrogen-bond acceptors (Lipinski definition) is 5. The summed E-state index contributed by atoms with van der Waals surface area (Å²) in [5, 5.41) is 12.6. The number of aromatic nitrogens is 2. The minimum atomic E-state index is -4.39. The number of halogens is 3. The summed E-state index contributed by atoms with van der Waals surface area (Å²) in [4.78, 5) is 32.5. The molecule has 1 fully saturated rings. The van der Waals surface area contributed by atoms with Gasteiger partial charge in [0.2, 0.25) is 5.91 Å². The molecule has 0 bridgehead atoms. The fourth-order valence-corrected chi connectivity index (χ4v) is 2.39. The van der Waals surface area contributed by atoms with Gasteiger partial charge in [-0.05, 0) is 6.42 Å². The molecule has 7 nitrogen and oxygen atoms in total. The summed E-state index contributed by atoms with van der Waals surface area (Å²) in [6.45, 7) is 0.0429. The van der Waals surface area contributed by atoms with E-state index < -0.39 is 43.0 Å². The van der Waals surface area contributed by atoms with Gasteiger partial charge in [0.25, 0.3) is 5.91 Å². The summed E-state index contributed by atoms with van der Waals surface area (Å²) in [7, 11) is 0. The number of amides is 2. The van der Waals surface area contributed by atoms with E-state index in [-0.39, 0.29) is 25.2 Å². The molecule has 0 aliphatic carbocycles. The second-order valence-electron chi connectivity index (χ2n) is 5.48. The van der Waals surface area contributed by atoms with E-state index in [1.54, 1.807) is 0 Å². The van der Waals surface area contributed by atoms with Crippen LogP contribution in [0.3, 0.4) is 0 Å². The van der Waals surface area contributed by atoms with Crippen molar-refractivity contribution in [2.24, 2.45) is 0 Å². The van der Waals surface area contributed by atoms with Gasteiger partial charge in [0, 0.05) is 31.9 Å². The van der Waals surface area contributed by atoms with Gasteiger partial charge in [-0.25, -0.2) is 4.98 Å². The van der Waals surface area contributed by atoms with Crippen molar-refractivity contribution in [3.8, 4) is 0 Å². The van der Waals surface area contributed by atoms with Gasteiger partial charge >= 0.3 is 6.18 Å². The molecule has 0 saturated carbocycles. The third kappa shape index (κ3) is 5.15. The van der Waals surface area contributed by atoms with Crippen LogP contribution < -0.4 is 5.32 Å². The predicted octanol–water partition coefficient (Wildman–Crippen LogP) is 0.511. The highest BCUT2D eigenvalue weighted by Crippen LogP contribution is 2.22. The van der Waals surface area contributed by atoms with Gasteiger partial charge in [-0.2, -0.15) is 13.2 Å². The minimum Gasteiger partial charge on any atom is -0.389 e. The first kappa shape index (κ1) is 18.1. The van der Waals surface area contributed by atoms with Crippen LogP contribution in [0.25, 0.3) is 0 Å². The lowest BCUT2D eigenvalue weighted by Crippen LogP contribution is -2.55. The zero-order chi connectivity index (χ0) is 17.7. The van der Waals surface area contributed by atoms with Crippen LogP contribution in [0.15, 0.2) is 18.6 Å². The Labute approximate surface area is 135 Å². The van der Waals surface area contributed by atoms with Crippen LogP contribution in [0.4, 0.5) is 13.2 Å². The summed E-state index contributed by atoms with van der Waals surface area (Å²) >= 11 is 0. The molecule has 1 saturated heterocycles. The minimum absolute atomic E-state index is 0.0911. The zero-order valence-electron chi connectivity index (χ0n) is 12.7. The van der Waals surface area contributed by atoms with Gasteiger partial charge in [0.15, 0.2) is 0 Å². The normalized spacial score (nSPS) is 21.4. The van der Waals surface area contributed by atoms with Crippen LogP contribution >= 0.6 is 0 Å². The molecule has 1 aliphatic rings. The second kappa shape index (κ2) is 7.56. The molecule has 1 aliphatic heterocycles. The van der Waals surface area contributed by atoms with Crippen molar-refractivity contribution in [1.82, 2.24) is 20.2 Å². The van der Waals surface area contributed by atoms with Crippen LogP contribution in [0.2, 0.25) is 0 Å². The number of carbonyl (C=O) groups excluding carboxylic acids is 2. The molecule has 2 atom stereocenters. The number of alkyl halides is 3. The highest BCUT2D eigenvalue weighted by molar-refractivity contribution is 5.92. The van der Waals surface area contributed by atoms with E-state index in [9.17, 15) is 27.9 Å². The smallest absolute Gasteiger partial charge is 0.389 e. The molecule has 132 valence electrons. The summed E-state index contributed by atoms with van der Waals surface area (Å²) < 4.78 is 36.4. The Balaban J connectivity index is 1.84. The van der Waals surface area contributed by atoms with Crippen molar-refractivity contribution in [2.45, 2.75) is 37.6 Å². The lowest BCUT2D eigenvalue weighted by atomic mass is 10.0. The molecule has 10 heteroatoms. The Morgan fingerprint density at radius 2 is 2.12 bits per heavy atom. The SMILES string of the molecule is O=C(NC1CCN(C(=O)CCC(F)(F)F)CC1O)c1cnccn1. The number of rotatable bonds is 4. The van der Waals surface area contributed by atoms with Gasteiger partial charge in [-0.15, -0.1) is 0 Å². The molecular weight excluding hydrogens is 329 g/mol. The first-order valence-electron chi connectivity index (χ1n) is 7.36. The largest absolute Gasteiger partial charge is 0.389 e. The van der Waals surface area contributed by atoms with Crippen molar-refractivity contribution in [3.63, 3.8) is 0 Å². The third-order valence-electron chi connectivity index (χ3n) is 3.67. The van der Waals surface area contributed by atoms with E-state index in [4.69, 9.17) is 0 Å². The maximum atomic E-state index is 12.1. The van der Waals surface area contributed by atoms with E-state index in [1.165, 1.54) is 23.5 Å². The first-order chi connectivity index (χ1) is 11.3. The maximum absolute atomic E-state index is 12.1. The Bertz CT molecular complexity index is 582. The number of nitrogens with one attached hydrogen (secondary N) is 1. The number of hydrogen-bond donors (Lipinski definition) is 2. The monoisotopic (exact) mass is 346 g/mol.